The fourth-order valence-electron chi connectivity index (χ4n) is 1.99. The van der Waals surface area contributed by atoms with Gasteiger partial charge < -0.3 is 11.1 Å². The van der Waals surface area contributed by atoms with Crippen LogP contribution < -0.4 is 11.1 Å². The molecule has 0 heterocycles. The minimum Gasteiger partial charge on any atom is -0.397 e. The van der Waals surface area contributed by atoms with Gasteiger partial charge in [0.15, 0.2) is 0 Å². The van der Waals surface area contributed by atoms with Crippen molar-refractivity contribution >= 4 is 34.0 Å². The van der Waals surface area contributed by atoms with Gasteiger partial charge >= 0.3 is 0 Å². The minimum absolute atomic E-state index is 0.210. The van der Waals surface area contributed by atoms with Gasteiger partial charge in [-0.25, -0.2) is 4.39 Å². The average molecular weight is 364 g/mol. The van der Waals surface area contributed by atoms with Gasteiger partial charge in [-0.1, -0.05) is 33.1 Å². The Hall–Kier alpha value is -0.520. The molecule has 0 bridgehead atoms. The molecule has 0 aromatic heterocycles. The molecule has 0 aliphatic carbocycles. The summed E-state index contributed by atoms with van der Waals surface area (Å²) in [7, 11) is 0. The van der Waals surface area contributed by atoms with Crippen molar-refractivity contribution in [2.24, 2.45) is 0 Å². The summed E-state index contributed by atoms with van der Waals surface area (Å²) in [5, 5.41) is 3.38. The Morgan fingerprint density at radius 1 is 1.28 bits per heavy atom. The number of halogens is 2. The zero-order chi connectivity index (χ0) is 13.5. The highest BCUT2D eigenvalue weighted by molar-refractivity contribution is 14.1. The summed E-state index contributed by atoms with van der Waals surface area (Å²) in [4.78, 5) is 0. The van der Waals surface area contributed by atoms with Crippen LogP contribution in [0.15, 0.2) is 12.1 Å². The maximum atomic E-state index is 13.5. The first-order valence-electron chi connectivity index (χ1n) is 6.59. The monoisotopic (exact) mass is 364 g/mol. The quantitative estimate of drug-likeness (QED) is 0.540. The van der Waals surface area contributed by atoms with Crippen LogP contribution in [-0.2, 0) is 0 Å². The van der Waals surface area contributed by atoms with Crippen LogP contribution in [0.25, 0.3) is 0 Å². The van der Waals surface area contributed by atoms with E-state index in [4.69, 9.17) is 5.73 Å². The van der Waals surface area contributed by atoms with Crippen molar-refractivity contribution in [2.75, 3.05) is 11.1 Å². The summed E-state index contributed by atoms with van der Waals surface area (Å²) in [6.07, 6.45) is 5.68. The molecule has 1 aromatic rings. The van der Waals surface area contributed by atoms with Crippen LogP contribution in [0.1, 0.15) is 46.0 Å². The van der Waals surface area contributed by atoms with E-state index in [-0.39, 0.29) is 5.82 Å². The summed E-state index contributed by atoms with van der Waals surface area (Å²) in [6.45, 7) is 4.35. The van der Waals surface area contributed by atoms with Crippen LogP contribution in [0.4, 0.5) is 15.8 Å². The average Bonchev–Trinajstić information content (AvgIpc) is 2.33. The summed E-state index contributed by atoms with van der Waals surface area (Å²) in [5.41, 5.74) is 7.28. The zero-order valence-corrected chi connectivity index (χ0v) is 13.3. The second-order valence-electron chi connectivity index (χ2n) is 4.63. The number of anilines is 2. The molecule has 1 aromatic carbocycles. The molecule has 0 aliphatic rings. The molecule has 1 unspecified atom stereocenters. The maximum Gasteiger partial charge on any atom is 0.138 e. The van der Waals surface area contributed by atoms with Gasteiger partial charge in [-0.15, -0.1) is 0 Å². The van der Waals surface area contributed by atoms with Gasteiger partial charge in [0.25, 0.3) is 0 Å². The Morgan fingerprint density at radius 3 is 2.61 bits per heavy atom. The van der Waals surface area contributed by atoms with Crippen LogP contribution >= 0.6 is 22.6 Å². The molecule has 2 nitrogen and oxygen atoms in total. The molecular formula is C14H22FIN2. The molecule has 102 valence electrons. The van der Waals surface area contributed by atoms with Gasteiger partial charge in [0.2, 0.25) is 0 Å². The molecule has 4 heteroatoms. The van der Waals surface area contributed by atoms with Gasteiger partial charge in [0, 0.05) is 12.1 Å². The van der Waals surface area contributed by atoms with Crippen molar-refractivity contribution in [2.45, 2.75) is 52.0 Å². The van der Waals surface area contributed by atoms with E-state index in [0.29, 0.717) is 15.3 Å². The summed E-state index contributed by atoms with van der Waals surface area (Å²) in [6, 6.07) is 3.57. The Kier molecular flexibility index (Phi) is 6.75. The molecule has 0 saturated heterocycles. The molecular weight excluding hydrogens is 342 g/mol. The normalized spacial score (nSPS) is 12.4. The molecule has 1 atom stereocenters. The maximum absolute atomic E-state index is 13.5. The van der Waals surface area contributed by atoms with E-state index in [0.717, 1.165) is 24.9 Å². The fourth-order valence-corrected chi connectivity index (χ4v) is 2.49. The van der Waals surface area contributed by atoms with E-state index in [9.17, 15) is 4.39 Å². The largest absolute Gasteiger partial charge is 0.397 e. The standard InChI is InChI=1S/C14H22FIN2/c1-3-5-7-10(6-4-2)18-14-8-11(15)12(16)9-13(14)17/h8-10,18H,3-7,17H2,1-2H3. The summed E-state index contributed by atoms with van der Waals surface area (Å²) in [5.74, 6) is -0.210. The lowest BCUT2D eigenvalue weighted by Crippen LogP contribution is -2.20. The number of unbranched alkanes of at least 4 members (excludes halogenated alkanes) is 1. The molecule has 0 amide bonds. The lowest BCUT2D eigenvalue weighted by atomic mass is 10.0. The van der Waals surface area contributed by atoms with E-state index in [2.05, 4.69) is 19.2 Å². The van der Waals surface area contributed by atoms with Gasteiger partial charge in [-0.05, 0) is 41.5 Å². The third-order valence-electron chi connectivity index (χ3n) is 3.00. The zero-order valence-electron chi connectivity index (χ0n) is 11.1. The van der Waals surface area contributed by atoms with Crippen LogP contribution in [-0.4, -0.2) is 6.04 Å². The van der Waals surface area contributed by atoms with Crippen molar-refractivity contribution in [1.29, 1.82) is 0 Å². The predicted octanol–water partition coefficient (Wildman–Crippen LogP) is 4.78. The third kappa shape index (κ3) is 4.63. The molecule has 0 spiro atoms. The number of benzene rings is 1. The van der Waals surface area contributed by atoms with Crippen molar-refractivity contribution in [3.8, 4) is 0 Å². The molecule has 1 rings (SSSR count). The summed E-state index contributed by atoms with van der Waals surface area (Å²) >= 11 is 1.96. The van der Waals surface area contributed by atoms with Gasteiger partial charge in [-0.3, -0.25) is 0 Å². The Labute approximate surface area is 123 Å². The molecule has 3 N–H and O–H groups in total. The van der Waals surface area contributed by atoms with E-state index in [1.54, 1.807) is 6.07 Å². The molecule has 0 saturated carbocycles. The van der Waals surface area contributed by atoms with Gasteiger partial charge in [0.05, 0.1) is 14.9 Å². The first-order chi connectivity index (χ1) is 8.58. The Balaban J connectivity index is 2.76. The van der Waals surface area contributed by atoms with Crippen LogP contribution in [0.3, 0.4) is 0 Å². The van der Waals surface area contributed by atoms with Crippen LogP contribution in [0.5, 0.6) is 0 Å². The highest BCUT2D eigenvalue weighted by Crippen LogP contribution is 2.26. The molecule has 0 radical (unpaired) electrons. The minimum atomic E-state index is -0.210. The number of nitrogen functional groups attached to an aromatic ring is 1. The lowest BCUT2D eigenvalue weighted by Gasteiger charge is -2.20. The second kappa shape index (κ2) is 7.81. The number of hydrogen-bond donors (Lipinski definition) is 2. The van der Waals surface area contributed by atoms with E-state index in [1.807, 2.05) is 22.6 Å². The Bertz CT molecular complexity index is 382. The predicted molar refractivity (Wildman–Crippen MR) is 85.4 cm³/mol. The van der Waals surface area contributed by atoms with Crippen LogP contribution in [0, 0.1) is 9.39 Å². The highest BCUT2D eigenvalue weighted by atomic mass is 127. The number of nitrogens with one attached hydrogen (secondary N) is 1. The smallest absolute Gasteiger partial charge is 0.138 e. The number of hydrogen-bond acceptors (Lipinski definition) is 2. The van der Waals surface area contributed by atoms with Crippen molar-refractivity contribution < 1.29 is 4.39 Å². The first kappa shape index (κ1) is 15.5. The number of nitrogens with two attached hydrogens (primary N) is 1. The van der Waals surface area contributed by atoms with Gasteiger partial charge in [0.1, 0.15) is 5.82 Å². The van der Waals surface area contributed by atoms with Crippen molar-refractivity contribution in [1.82, 2.24) is 0 Å². The lowest BCUT2D eigenvalue weighted by molar-refractivity contribution is 0.563. The second-order valence-corrected chi connectivity index (χ2v) is 5.79. The SMILES string of the molecule is CCCCC(CCC)Nc1cc(F)c(I)cc1N. The van der Waals surface area contributed by atoms with E-state index < -0.39 is 0 Å². The van der Waals surface area contributed by atoms with Gasteiger partial charge in [-0.2, -0.15) is 0 Å². The van der Waals surface area contributed by atoms with E-state index in [1.165, 1.54) is 18.9 Å². The molecule has 0 fully saturated rings. The van der Waals surface area contributed by atoms with Crippen molar-refractivity contribution in [3.63, 3.8) is 0 Å². The number of rotatable bonds is 7. The molecule has 18 heavy (non-hydrogen) atoms. The summed E-state index contributed by atoms with van der Waals surface area (Å²) < 4.78 is 14.1. The third-order valence-corrected chi connectivity index (χ3v) is 3.82. The van der Waals surface area contributed by atoms with E-state index >= 15 is 0 Å². The highest BCUT2D eigenvalue weighted by Gasteiger charge is 2.11. The topological polar surface area (TPSA) is 38.0 Å². The van der Waals surface area contributed by atoms with Crippen LogP contribution in [0.2, 0.25) is 0 Å². The van der Waals surface area contributed by atoms with Crippen molar-refractivity contribution in [3.05, 3.63) is 21.5 Å². The fraction of sp³-hybridized carbons (Fsp3) is 0.571. The Morgan fingerprint density at radius 2 is 2.00 bits per heavy atom. The first-order valence-corrected chi connectivity index (χ1v) is 7.67. The molecule has 0 aliphatic heterocycles.